The van der Waals surface area contributed by atoms with Crippen molar-refractivity contribution in [2.24, 2.45) is 17.4 Å². The maximum atomic E-state index is 13.8. The summed E-state index contributed by atoms with van der Waals surface area (Å²) in [5.41, 5.74) is 11.5. The lowest BCUT2D eigenvalue weighted by molar-refractivity contribution is -0.136. The zero-order valence-corrected chi connectivity index (χ0v) is 37.0. The number of rotatable bonds is 28. The zero-order valence-electron chi connectivity index (χ0n) is 37.0. The van der Waals surface area contributed by atoms with Gasteiger partial charge in [0.05, 0.1) is 32.8 Å². The molecule has 10 amide bonds. The van der Waals surface area contributed by atoms with Crippen LogP contribution in [0.2, 0.25) is 0 Å². The van der Waals surface area contributed by atoms with Crippen LogP contribution in [0.3, 0.4) is 0 Å². The minimum Gasteiger partial charge on any atom is -0.394 e. The van der Waals surface area contributed by atoms with Gasteiger partial charge in [0.15, 0.2) is 0 Å². The van der Waals surface area contributed by atoms with Crippen LogP contribution in [0, 0.1) is 5.92 Å². The molecule has 0 aromatic carbocycles. The van der Waals surface area contributed by atoms with E-state index in [1.54, 1.807) is 20.9 Å². The first-order chi connectivity index (χ1) is 30.4. The molecule has 0 spiro atoms. The number of nitrogens with one attached hydrogen (secondary N) is 8. The summed E-state index contributed by atoms with van der Waals surface area (Å²) in [4.78, 5) is 127. The number of H-pyrrole nitrogens is 1. The number of ether oxygens (including phenoxy) is 1. The second kappa shape index (κ2) is 28.7. The fourth-order valence-corrected chi connectivity index (χ4v) is 6.23. The first-order valence-electron chi connectivity index (χ1n) is 21.2. The average Bonchev–Trinajstić information content (AvgIpc) is 3.78. The van der Waals surface area contributed by atoms with E-state index in [4.69, 9.17) is 16.2 Å². The second-order valence-electron chi connectivity index (χ2n) is 15.7. The third-order valence-electron chi connectivity index (χ3n) is 10.0. The van der Waals surface area contributed by atoms with Gasteiger partial charge >= 0.3 is 6.03 Å². The molecule has 0 aliphatic carbocycles. The van der Waals surface area contributed by atoms with Crippen LogP contribution in [0.5, 0.6) is 0 Å². The van der Waals surface area contributed by atoms with E-state index in [0.717, 1.165) is 0 Å². The first-order valence-corrected chi connectivity index (χ1v) is 21.2. The molecule has 6 unspecified atom stereocenters. The third kappa shape index (κ3) is 19.6. The van der Waals surface area contributed by atoms with Crippen LogP contribution in [-0.4, -0.2) is 186 Å². The molecule has 360 valence electrons. The van der Waals surface area contributed by atoms with E-state index in [1.807, 2.05) is 0 Å². The minimum absolute atomic E-state index is 0.0124. The molecule has 0 bridgehead atoms. The molecule has 1 aliphatic rings. The second-order valence-corrected chi connectivity index (χ2v) is 15.7. The standard InChI is InChI=1S/C39H67N13O12/c1-23(2)17-28(35(59)46-27(8-9-32(41)56)33(57)43-11-12-51(4)24(3)55)47-34(58)26(7-5-6-10-40)45-37(61)30(20-53)49-38(62)31(21-54)48-36(60)29(18-25-19-42-22-44-25)50-39(63)52-13-15-64-16-14-52/h19,22-23,26-31,53-54H,5-18,20-21,40H2,1-4H3,(H2,41,56)(H,42,44)(H,43,57)(H,45,61)(H,46,59)(H,47,58)(H,48,60)(H,49,62)(H,50,63). The van der Waals surface area contributed by atoms with Crippen molar-refractivity contribution in [3.05, 3.63) is 18.2 Å². The fraction of sp³-hybridized carbons (Fsp3) is 0.692. The van der Waals surface area contributed by atoms with Gasteiger partial charge in [0.2, 0.25) is 47.3 Å². The van der Waals surface area contributed by atoms with Gasteiger partial charge in [0.1, 0.15) is 36.3 Å². The van der Waals surface area contributed by atoms with Gasteiger partial charge in [-0.05, 0) is 44.6 Å². The summed E-state index contributed by atoms with van der Waals surface area (Å²) < 4.78 is 5.28. The van der Waals surface area contributed by atoms with Gasteiger partial charge in [0, 0.05) is 64.9 Å². The molecule has 25 heteroatoms. The van der Waals surface area contributed by atoms with Crippen LogP contribution in [0.1, 0.15) is 65.0 Å². The highest BCUT2D eigenvalue weighted by Gasteiger charge is 2.34. The van der Waals surface area contributed by atoms with E-state index >= 15 is 0 Å². The number of amides is 10. The predicted molar refractivity (Wildman–Crippen MR) is 228 cm³/mol. The van der Waals surface area contributed by atoms with E-state index in [1.165, 1.54) is 29.2 Å². The molecule has 1 aromatic rings. The maximum Gasteiger partial charge on any atom is 0.318 e. The van der Waals surface area contributed by atoms with Crippen LogP contribution in [0.4, 0.5) is 4.79 Å². The fourth-order valence-electron chi connectivity index (χ4n) is 6.23. The number of carbonyl (C=O) groups excluding carboxylic acids is 9. The molecule has 0 saturated carbocycles. The first kappa shape index (κ1) is 54.2. The van der Waals surface area contributed by atoms with Crippen molar-refractivity contribution in [2.45, 2.75) is 102 Å². The highest BCUT2D eigenvalue weighted by Crippen LogP contribution is 2.10. The average molecular weight is 910 g/mol. The summed E-state index contributed by atoms with van der Waals surface area (Å²) in [5, 5.41) is 37.9. The summed E-state index contributed by atoms with van der Waals surface area (Å²) in [6, 6.07) is -8.98. The van der Waals surface area contributed by atoms with E-state index in [9.17, 15) is 53.4 Å². The van der Waals surface area contributed by atoms with Gasteiger partial charge in [0.25, 0.3) is 0 Å². The number of urea groups is 1. The Kier molecular flexibility index (Phi) is 24.3. The summed E-state index contributed by atoms with van der Waals surface area (Å²) >= 11 is 0. The van der Waals surface area contributed by atoms with Crippen LogP contribution in [0.25, 0.3) is 0 Å². The molecule has 1 saturated heterocycles. The lowest BCUT2D eigenvalue weighted by Crippen LogP contribution is -2.61. The minimum atomic E-state index is -1.69. The number of aromatic amines is 1. The predicted octanol–water partition coefficient (Wildman–Crippen LogP) is -5.19. The zero-order chi connectivity index (χ0) is 47.8. The van der Waals surface area contributed by atoms with E-state index in [0.29, 0.717) is 31.7 Å². The Hall–Kier alpha value is -5.92. The highest BCUT2D eigenvalue weighted by molar-refractivity contribution is 5.97. The smallest absolute Gasteiger partial charge is 0.318 e. The van der Waals surface area contributed by atoms with Crippen molar-refractivity contribution < 1.29 is 58.1 Å². The lowest BCUT2D eigenvalue weighted by atomic mass is 10.0. The monoisotopic (exact) mass is 910 g/mol. The van der Waals surface area contributed by atoms with E-state index in [-0.39, 0.29) is 76.7 Å². The number of aromatic nitrogens is 2. The van der Waals surface area contributed by atoms with Gasteiger partial charge in [-0.15, -0.1) is 0 Å². The maximum absolute atomic E-state index is 13.8. The molecule has 1 fully saturated rings. The molecule has 25 nitrogen and oxygen atoms in total. The molecule has 14 N–H and O–H groups in total. The number of nitrogens with two attached hydrogens (primary N) is 2. The summed E-state index contributed by atoms with van der Waals surface area (Å²) in [5.74, 6) is -6.33. The Labute approximate surface area is 371 Å². The van der Waals surface area contributed by atoms with E-state index in [2.05, 4.69) is 47.2 Å². The third-order valence-corrected chi connectivity index (χ3v) is 10.0. The number of unbranched alkanes of at least 4 members (excludes halogenated alkanes) is 1. The van der Waals surface area contributed by atoms with Crippen molar-refractivity contribution >= 4 is 53.3 Å². The van der Waals surface area contributed by atoms with Crippen molar-refractivity contribution in [3.8, 4) is 0 Å². The number of nitrogens with zero attached hydrogens (tertiary/aromatic N) is 3. The quantitative estimate of drug-likeness (QED) is 0.0350. The highest BCUT2D eigenvalue weighted by atomic mass is 16.5. The number of aliphatic hydroxyl groups excluding tert-OH is 2. The molecule has 1 aromatic heterocycles. The molecular weight excluding hydrogens is 843 g/mol. The summed E-state index contributed by atoms with van der Waals surface area (Å²) in [7, 11) is 1.54. The number of aliphatic hydroxyl groups is 2. The molecule has 2 rings (SSSR count). The Morgan fingerprint density at radius 1 is 0.781 bits per heavy atom. The van der Waals surface area contributed by atoms with Gasteiger partial charge in [-0.2, -0.15) is 0 Å². The van der Waals surface area contributed by atoms with Crippen molar-refractivity contribution in [1.29, 1.82) is 0 Å². The van der Waals surface area contributed by atoms with Crippen molar-refractivity contribution in [1.82, 2.24) is 57.0 Å². The van der Waals surface area contributed by atoms with Gasteiger partial charge in [-0.3, -0.25) is 38.4 Å². The summed E-state index contributed by atoms with van der Waals surface area (Å²) in [6.07, 6.45) is 3.21. The molecule has 1 aliphatic heterocycles. The number of imidazole rings is 1. The largest absolute Gasteiger partial charge is 0.394 e. The Morgan fingerprint density at radius 2 is 1.31 bits per heavy atom. The number of primary amides is 1. The number of hydrogen-bond acceptors (Lipinski definition) is 14. The molecular formula is C39H67N13O12. The van der Waals surface area contributed by atoms with Crippen LogP contribution >= 0.6 is 0 Å². The van der Waals surface area contributed by atoms with Crippen molar-refractivity contribution in [3.63, 3.8) is 0 Å². The van der Waals surface area contributed by atoms with Gasteiger partial charge < -0.3 is 78.4 Å². The number of carbonyl (C=O) groups is 9. The Balaban J connectivity index is 2.20. The Morgan fingerprint density at radius 3 is 1.83 bits per heavy atom. The number of hydrogen-bond donors (Lipinski definition) is 12. The normalized spacial score (nSPS) is 15.3. The number of morpholine rings is 1. The van der Waals surface area contributed by atoms with Crippen LogP contribution in [0.15, 0.2) is 12.5 Å². The van der Waals surface area contributed by atoms with Gasteiger partial charge in [-0.1, -0.05) is 13.8 Å². The van der Waals surface area contributed by atoms with Crippen LogP contribution in [-0.2, 0) is 49.5 Å². The van der Waals surface area contributed by atoms with E-state index < -0.39 is 96.8 Å². The number of likely N-dealkylation sites (N-methyl/N-ethyl adjacent to an activating group) is 1. The summed E-state index contributed by atoms with van der Waals surface area (Å²) in [6.45, 7) is 4.65. The van der Waals surface area contributed by atoms with Crippen LogP contribution < -0.4 is 48.7 Å². The molecule has 2 heterocycles. The van der Waals surface area contributed by atoms with Crippen molar-refractivity contribution in [2.75, 3.05) is 66.2 Å². The topological polar surface area (TPSA) is 375 Å². The molecule has 0 radical (unpaired) electrons. The molecule has 64 heavy (non-hydrogen) atoms. The Bertz CT molecular complexity index is 1690. The molecule has 6 atom stereocenters. The lowest BCUT2D eigenvalue weighted by Gasteiger charge is -2.29. The SMILES string of the molecule is CC(=O)N(C)CCNC(=O)C(CCC(N)=O)NC(=O)C(CC(C)C)NC(=O)C(CCCCN)NC(=O)C(CO)NC(=O)C(CO)NC(=O)C(Cc1cnc[nH]1)NC(=O)N1CCOCC1. The van der Waals surface area contributed by atoms with Gasteiger partial charge in [-0.25, -0.2) is 9.78 Å².